The molecular weight excluding hydrogens is 306 g/mol. The molecule has 5 heteroatoms. The molecule has 1 unspecified atom stereocenters. The fourth-order valence-corrected chi connectivity index (χ4v) is 3.59. The van der Waals surface area contributed by atoms with Gasteiger partial charge in [0.25, 0.3) is 0 Å². The van der Waals surface area contributed by atoms with Crippen molar-refractivity contribution >= 4 is 11.9 Å². The minimum absolute atomic E-state index is 0.0596. The van der Waals surface area contributed by atoms with Crippen LogP contribution < -0.4 is 10.1 Å². The number of aliphatic carboxylic acids is 1. The maximum atomic E-state index is 13.0. The monoisotopic (exact) mass is 333 g/mol. The first-order chi connectivity index (χ1) is 11.5. The van der Waals surface area contributed by atoms with Gasteiger partial charge in [-0.1, -0.05) is 38.3 Å². The summed E-state index contributed by atoms with van der Waals surface area (Å²) >= 11 is 0. The molecular formula is C19H27NO4. The van der Waals surface area contributed by atoms with E-state index in [9.17, 15) is 14.7 Å². The number of carbonyl (C=O) groups is 2. The molecule has 1 amide bonds. The Morgan fingerprint density at radius 1 is 1.33 bits per heavy atom. The van der Waals surface area contributed by atoms with Crippen LogP contribution in [0.15, 0.2) is 24.3 Å². The number of benzene rings is 1. The van der Waals surface area contributed by atoms with Gasteiger partial charge < -0.3 is 15.2 Å². The largest absolute Gasteiger partial charge is 0.497 e. The zero-order chi connectivity index (χ0) is 17.6. The fourth-order valence-electron chi connectivity index (χ4n) is 3.59. The van der Waals surface area contributed by atoms with E-state index in [1.165, 1.54) is 0 Å². The maximum absolute atomic E-state index is 13.0. The zero-order valence-electron chi connectivity index (χ0n) is 14.5. The molecule has 0 radical (unpaired) electrons. The Hall–Kier alpha value is -2.04. The van der Waals surface area contributed by atoms with Gasteiger partial charge in [-0.25, -0.2) is 0 Å². The number of carboxylic acids is 1. The molecule has 1 fully saturated rings. The third kappa shape index (κ3) is 3.89. The summed E-state index contributed by atoms with van der Waals surface area (Å²) < 4.78 is 5.29. The van der Waals surface area contributed by atoms with Gasteiger partial charge in [0.1, 0.15) is 5.75 Å². The molecule has 1 aromatic rings. The summed E-state index contributed by atoms with van der Waals surface area (Å²) in [4.78, 5) is 24.2. The number of nitrogens with one attached hydrogen (secondary N) is 1. The van der Waals surface area contributed by atoms with E-state index >= 15 is 0 Å². The summed E-state index contributed by atoms with van der Waals surface area (Å²) in [5.74, 6) is -0.696. The second-order valence-corrected chi connectivity index (χ2v) is 6.56. The second kappa shape index (κ2) is 8.18. The summed E-state index contributed by atoms with van der Waals surface area (Å²) in [5, 5.41) is 12.2. The molecule has 2 N–H and O–H groups in total. The SMILES string of the molecule is CCCC(CNC(=O)C1(c2cccc(OC)c2)CCCC1)C(=O)O. The molecule has 2 rings (SSSR count). The van der Waals surface area contributed by atoms with Gasteiger partial charge in [-0.15, -0.1) is 0 Å². The van der Waals surface area contributed by atoms with Crippen molar-refractivity contribution in [2.45, 2.75) is 50.9 Å². The number of amides is 1. The van der Waals surface area contributed by atoms with Crippen molar-refractivity contribution in [3.8, 4) is 5.75 Å². The average Bonchev–Trinajstić information content (AvgIpc) is 3.09. The number of hydrogen-bond donors (Lipinski definition) is 2. The van der Waals surface area contributed by atoms with Gasteiger partial charge in [0.15, 0.2) is 0 Å². The van der Waals surface area contributed by atoms with Crippen LogP contribution in [-0.2, 0) is 15.0 Å². The van der Waals surface area contributed by atoms with Crippen molar-refractivity contribution in [3.05, 3.63) is 29.8 Å². The van der Waals surface area contributed by atoms with Crippen LogP contribution in [-0.4, -0.2) is 30.6 Å². The minimum atomic E-state index is -0.848. The van der Waals surface area contributed by atoms with Crippen molar-refractivity contribution in [1.29, 1.82) is 0 Å². The van der Waals surface area contributed by atoms with E-state index in [1.54, 1.807) is 7.11 Å². The molecule has 1 aromatic carbocycles. The van der Waals surface area contributed by atoms with Crippen LogP contribution >= 0.6 is 0 Å². The molecule has 0 spiro atoms. The number of hydrogen-bond acceptors (Lipinski definition) is 3. The lowest BCUT2D eigenvalue weighted by Gasteiger charge is -2.29. The number of ether oxygens (including phenoxy) is 1. The highest BCUT2D eigenvalue weighted by Gasteiger charge is 2.43. The Morgan fingerprint density at radius 3 is 2.62 bits per heavy atom. The lowest BCUT2D eigenvalue weighted by molar-refractivity contribution is -0.142. The van der Waals surface area contributed by atoms with E-state index in [0.29, 0.717) is 6.42 Å². The first-order valence-electron chi connectivity index (χ1n) is 8.69. The topological polar surface area (TPSA) is 75.6 Å². The van der Waals surface area contributed by atoms with Crippen LogP contribution in [0.4, 0.5) is 0 Å². The van der Waals surface area contributed by atoms with Crippen molar-refractivity contribution in [2.75, 3.05) is 13.7 Å². The standard InChI is InChI=1S/C19H27NO4/c1-3-7-14(17(21)22)13-20-18(23)19(10-4-5-11-19)15-8-6-9-16(12-15)24-2/h6,8-9,12,14H,3-5,7,10-11,13H2,1-2H3,(H,20,23)(H,21,22). The molecule has 1 saturated carbocycles. The predicted molar refractivity (Wildman–Crippen MR) is 92.2 cm³/mol. The highest BCUT2D eigenvalue weighted by Crippen LogP contribution is 2.42. The third-order valence-electron chi connectivity index (χ3n) is 5.01. The molecule has 1 aliphatic rings. The molecule has 0 bridgehead atoms. The minimum Gasteiger partial charge on any atom is -0.497 e. The third-order valence-corrected chi connectivity index (χ3v) is 5.01. The van der Waals surface area contributed by atoms with E-state index in [0.717, 1.165) is 43.4 Å². The van der Waals surface area contributed by atoms with Crippen LogP contribution in [0.2, 0.25) is 0 Å². The highest BCUT2D eigenvalue weighted by atomic mass is 16.5. The fraction of sp³-hybridized carbons (Fsp3) is 0.579. The number of methoxy groups -OCH3 is 1. The summed E-state index contributed by atoms with van der Waals surface area (Å²) in [6, 6.07) is 7.66. The number of carboxylic acid groups (broad SMARTS) is 1. The van der Waals surface area contributed by atoms with Gasteiger partial charge in [0.05, 0.1) is 18.4 Å². The van der Waals surface area contributed by atoms with E-state index in [-0.39, 0.29) is 12.5 Å². The average molecular weight is 333 g/mol. The summed E-state index contributed by atoms with van der Waals surface area (Å²) in [6.07, 6.45) is 4.94. The Kier molecular flexibility index (Phi) is 6.23. The maximum Gasteiger partial charge on any atom is 0.308 e. The number of rotatable bonds is 8. The van der Waals surface area contributed by atoms with E-state index < -0.39 is 17.3 Å². The summed E-state index contributed by atoms with van der Waals surface area (Å²) in [6.45, 7) is 2.14. The Labute approximate surface area is 143 Å². The predicted octanol–water partition coefficient (Wildman–Crippen LogP) is 3.12. The quantitative estimate of drug-likeness (QED) is 0.766. The lowest BCUT2D eigenvalue weighted by Crippen LogP contribution is -2.45. The summed E-state index contributed by atoms with van der Waals surface area (Å²) in [7, 11) is 1.61. The first-order valence-corrected chi connectivity index (χ1v) is 8.69. The van der Waals surface area contributed by atoms with Crippen LogP contribution in [0.3, 0.4) is 0 Å². The summed E-state index contributed by atoms with van der Waals surface area (Å²) in [5.41, 5.74) is 0.392. The van der Waals surface area contributed by atoms with Gasteiger partial charge in [-0.3, -0.25) is 9.59 Å². The van der Waals surface area contributed by atoms with E-state index in [4.69, 9.17) is 4.74 Å². The first kappa shape index (κ1) is 18.3. The van der Waals surface area contributed by atoms with Crippen molar-refractivity contribution < 1.29 is 19.4 Å². The zero-order valence-corrected chi connectivity index (χ0v) is 14.5. The molecule has 0 aliphatic heterocycles. The Balaban J connectivity index is 2.17. The van der Waals surface area contributed by atoms with Gasteiger partial charge in [0, 0.05) is 6.54 Å². The van der Waals surface area contributed by atoms with Gasteiger partial charge in [0.2, 0.25) is 5.91 Å². The van der Waals surface area contributed by atoms with Crippen LogP contribution in [0.25, 0.3) is 0 Å². The normalized spacial score (nSPS) is 17.2. The highest BCUT2D eigenvalue weighted by molar-refractivity contribution is 5.89. The Morgan fingerprint density at radius 2 is 2.04 bits per heavy atom. The molecule has 24 heavy (non-hydrogen) atoms. The van der Waals surface area contributed by atoms with Crippen LogP contribution in [0.5, 0.6) is 5.75 Å². The van der Waals surface area contributed by atoms with Gasteiger partial charge in [-0.2, -0.15) is 0 Å². The Bertz CT molecular complexity index is 578. The van der Waals surface area contributed by atoms with Crippen LogP contribution in [0.1, 0.15) is 51.0 Å². The molecule has 0 aromatic heterocycles. The second-order valence-electron chi connectivity index (χ2n) is 6.56. The van der Waals surface area contributed by atoms with Crippen molar-refractivity contribution in [1.82, 2.24) is 5.32 Å². The van der Waals surface area contributed by atoms with E-state index in [1.807, 2.05) is 31.2 Å². The van der Waals surface area contributed by atoms with Crippen LogP contribution in [0, 0.1) is 5.92 Å². The molecule has 0 saturated heterocycles. The van der Waals surface area contributed by atoms with Gasteiger partial charge >= 0.3 is 5.97 Å². The van der Waals surface area contributed by atoms with Crippen molar-refractivity contribution in [3.63, 3.8) is 0 Å². The molecule has 132 valence electrons. The van der Waals surface area contributed by atoms with E-state index in [2.05, 4.69) is 5.32 Å². The van der Waals surface area contributed by atoms with Crippen molar-refractivity contribution in [2.24, 2.45) is 5.92 Å². The molecule has 1 atom stereocenters. The molecule has 0 heterocycles. The molecule has 5 nitrogen and oxygen atoms in total. The lowest BCUT2D eigenvalue weighted by atomic mass is 9.77. The smallest absolute Gasteiger partial charge is 0.308 e. The van der Waals surface area contributed by atoms with Gasteiger partial charge in [-0.05, 0) is 37.0 Å². The molecule has 1 aliphatic carbocycles. The number of carbonyl (C=O) groups excluding carboxylic acids is 1.